The number of sulfone groups is 1. The molecule has 9 heteroatoms. The number of nitrogens with zero attached hydrogens (tertiary/aromatic N) is 2. The number of hydrogen-bond acceptors (Lipinski definition) is 6. The number of carbonyl (C=O) groups is 1. The molecule has 0 radical (unpaired) electrons. The lowest BCUT2D eigenvalue weighted by Crippen LogP contribution is -2.13. The number of anilines is 1. The molecule has 3 rings (SSSR count). The van der Waals surface area contributed by atoms with Gasteiger partial charge >= 0.3 is 0 Å². The molecule has 0 unspecified atom stereocenters. The third-order valence-corrected chi connectivity index (χ3v) is 6.89. The lowest BCUT2D eigenvalue weighted by molar-refractivity contribution is 0.102. The van der Waals surface area contributed by atoms with E-state index in [0.29, 0.717) is 0 Å². The van der Waals surface area contributed by atoms with Gasteiger partial charge in [0.25, 0.3) is 5.91 Å². The Bertz CT molecular complexity index is 1050. The van der Waals surface area contributed by atoms with Gasteiger partial charge in [0.2, 0.25) is 0 Å². The molecule has 0 atom stereocenters. The number of rotatable bonds is 5. The number of pyridine rings is 1. The van der Waals surface area contributed by atoms with Gasteiger partial charge in [-0.05, 0) is 25.1 Å². The molecule has 1 N–H and O–H groups in total. The van der Waals surface area contributed by atoms with Gasteiger partial charge in [0.1, 0.15) is 15.7 Å². The van der Waals surface area contributed by atoms with Crippen molar-refractivity contribution in [3.05, 3.63) is 71.4 Å². The fourth-order valence-corrected chi connectivity index (χ4v) is 5.16. The lowest BCUT2D eigenvalue weighted by Gasteiger charge is -2.04. The van der Waals surface area contributed by atoms with E-state index in [2.05, 4.69) is 15.3 Å². The third kappa shape index (κ3) is 3.94. The van der Waals surface area contributed by atoms with Crippen molar-refractivity contribution >= 4 is 32.2 Å². The Hall–Kier alpha value is -2.65. The van der Waals surface area contributed by atoms with Crippen molar-refractivity contribution in [2.75, 3.05) is 5.32 Å². The summed E-state index contributed by atoms with van der Waals surface area (Å²) in [5, 5.41) is 2.68. The monoisotopic (exact) mass is 391 g/mol. The molecule has 2 heterocycles. The Morgan fingerprint density at radius 3 is 2.62 bits per heavy atom. The zero-order chi connectivity index (χ0) is 18.7. The minimum atomic E-state index is -3.80. The lowest BCUT2D eigenvalue weighted by atomic mass is 10.2. The Morgan fingerprint density at radius 2 is 1.92 bits per heavy atom. The van der Waals surface area contributed by atoms with Gasteiger partial charge in [0.05, 0.1) is 11.4 Å². The maximum atomic E-state index is 13.8. The van der Waals surface area contributed by atoms with E-state index in [4.69, 9.17) is 0 Å². The van der Waals surface area contributed by atoms with E-state index in [1.165, 1.54) is 37.4 Å². The number of hydrogen-bond donors (Lipinski definition) is 1. The minimum absolute atomic E-state index is 0.00271. The van der Waals surface area contributed by atoms with Crippen LogP contribution < -0.4 is 5.32 Å². The van der Waals surface area contributed by atoms with Crippen molar-refractivity contribution in [1.82, 2.24) is 9.97 Å². The molecule has 0 aliphatic carbocycles. The maximum absolute atomic E-state index is 13.8. The second kappa shape index (κ2) is 7.30. The number of aromatic nitrogens is 2. The van der Waals surface area contributed by atoms with E-state index < -0.39 is 27.3 Å². The predicted octanol–water partition coefficient (Wildman–Crippen LogP) is 3.21. The van der Waals surface area contributed by atoms with Gasteiger partial charge in [-0.15, -0.1) is 0 Å². The maximum Gasteiger partial charge on any atom is 0.276 e. The standard InChI is InChI=1S/C17H14FN3O3S2/c1-11-16(26(23,24)10-12-6-2-3-7-13(12)18)25-17(20-11)21-15(22)14-8-4-5-9-19-14/h2-9H,10H2,1H3,(H,20,21,22). The van der Waals surface area contributed by atoms with E-state index in [1.54, 1.807) is 18.2 Å². The molecule has 1 amide bonds. The van der Waals surface area contributed by atoms with Gasteiger partial charge in [0.15, 0.2) is 15.0 Å². The number of carbonyl (C=O) groups excluding carboxylic acids is 1. The van der Waals surface area contributed by atoms with Crippen LogP contribution in [0.2, 0.25) is 0 Å². The zero-order valence-corrected chi connectivity index (χ0v) is 15.3. The molecule has 2 aromatic heterocycles. The van der Waals surface area contributed by atoms with E-state index in [1.807, 2.05) is 0 Å². The Balaban J connectivity index is 1.83. The van der Waals surface area contributed by atoms with Crippen molar-refractivity contribution in [2.45, 2.75) is 16.9 Å². The minimum Gasteiger partial charge on any atom is -0.296 e. The Labute approximate surface area is 153 Å². The van der Waals surface area contributed by atoms with E-state index in [-0.39, 0.29) is 26.3 Å². The summed E-state index contributed by atoms with van der Waals surface area (Å²) >= 11 is 0.833. The number of benzene rings is 1. The van der Waals surface area contributed by atoms with Crippen LogP contribution in [0.5, 0.6) is 0 Å². The smallest absolute Gasteiger partial charge is 0.276 e. The topological polar surface area (TPSA) is 89.0 Å². The highest BCUT2D eigenvalue weighted by atomic mass is 32.2. The molecule has 1 aromatic carbocycles. The molecular formula is C17H14FN3O3S2. The molecule has 0 bridgehead atoms. The summed E-state index contributed by atoms with van der Waals surface area (Å²) < 4.78 is 39.0. The van der Waals surface area contributed by atoms with Gasteiger partial charge in [-0.25, -0.2) is 17.8 Å². The molecule has 0 spiro atoms. The summed E-state index contributed by atoms with van der Waals surface area (Å²) in [6.45, 7) is 1.53. The Kier molecular flexibility index (Phi) is 5.10. The molecular weight excluding hydrogens is 377 g/mol. The van der Waals surface area contributed by atoms with E-state index in [0.717, 1.165) is 11.3 Å². The van der Waals surface area contributed by atoms with Crippen LogP contribution in [0.25, 0.3) is 0 Å². The van der Waals surface area contributed by atoms with Crippen LogP contribution in [-0.4, -0.2) is 24.3 Å². The quantitative estimate of drug-likeness (QED) is 0.721. The fourth-order valence-electron chi connectivity index (χ4n) is 2.27. The second-order valence-corrected chi connectivity index (χ2v) is 8.60. The van der Waals surface area contributed by atoms with E-state index >= 15 is 0 Å². The van der Waals surface area contributed by atoms with E-state index in [9.17, 15) is 17.6 Å². The van der Waals surface area contributed by atoms with Gasteiger partial charge in [-0.2, -0.15) is 0 Å². The summed E-state index contributed by atoms with van der Waals surface area (Å²) in [5.74, 6) is -1.55. The summed E-state index contributed by atoms with van der Waals surface area (Å²) in [6, 6.07) is 10.6. The first kappa shape index (κ1) is 18.2. The van der Waals surface area contributed by atoms with Crippen LogP contribution in [0.15, 0.2) is 52.9 Å². The molecule has 0 saturated carbocycles. The summed E-state index contributed by atoms with van der Waals surface area (Å²) in [7, 11) is -3.80. The van der Waals surface area contributed by atoms with Crippen molar-refractivity contribution < 1.29 is 17.6 Å². The van der Waals surface area contributed by atoms with Crippen LogP contribution in [-0.2, 0) is 15.6 Å². The molecule has 26 heavy (non-hydrogen) atoms. The van der Waals surface area contributed by atoms with Gasteiger partial charge < -0.3 is 0 Å². The number of halogens is 1. The highest BCUT2D eigenvalue weighted by Gasteiger charge is 2.24. The SMILES string of the molecule is Cc1nc(NC(=O)c2ccccn2)sc1S(=O)(=O)Cc1ccccc1F. The third-order valence-electron chi connectivity index (χ3n) is 3.46. The molecule has 6 nitrogen and oxygen atoms in total. The average molecular weight is 391 g/mol. The first-order valence-electron chi connectivity index (χ1n) is 7.53. The van der Waals surface area contributed by atoms with Crippen molar-refractivity contribution in [3.63, 3.8) is 0 Å². The summed E-state index contributed by atoms with van der Waals surface area (Å²) in [5.41, 5.74) is 0.526. The highest BCUT2D eigenvalue weighted by Crippen LogP contribution is 2.30. The zero-order valence-electron chi connectivity index (χ0n) is 13.6. The van der Waals surface area contributed by atoms with Gasteiger partial charge in [-0.1, -0.05) is 35.6 Å². The van der Waals surface area contributed by atoms with Crippen molar-refractivity contribution in [1.29, 1.82) is 0 Å². The van der Waals surface area contributed by atoms with Crippen LogP contribution in [0, 0.1) is 12.7 Å². The molecule has 134 valence electrons. The number of thiazole rings is 1. The first-order chi connectivity index (χ1) is 12.4. The van der Waals surface area contributed by atoms with Crippen LogP contribution in [0.3, 0.4) is 0 Å². The largest absolute Gasteiger partial charge is 0.296 e. The fraction of sp³-hybridized carbons (Fsp3) is 0.118. The van der Waals surface area contributed by atoms with Gasteiger partial charge in [0, 0.05) is 11.8 Å². The van der Waals surface area contributed by atoms with Crippen LogP contribution >= 0.6 is 11.3 Å². The Morgan fingerprint density at radius 1 is 1.19 bits per heavy atom. The number of nitrogens with one attached hydrogen (secondary N) is 1. The van der Waals surface area contributed by atoms with Gasteiger partial charge in [-0.3, -0.25) is 15.1 Å². The van der Waals surface area contributed by atoms with Crippen LogP contribution in [0.4, 0.5) is 9.52 Å². The predicted molar refractivity (Wildman–Crippen MR) is 96.3 cm³/mol. The highest BCUT2D eigenvalue weighted by molar-refractivity contribution is 7.92. The average Bonchev–Trinajstić information content (AvgIpc) is 2.99. The first-order valence-corrected chi connectivity index (χ1v) is 9.99. The molecule has 0 fully saturated rings. The molecule has 0 aliphatic heterocycles. The molecule has 3 aromatic rings. The molecule has 0 aliphatic rings. The summed E-state index contributed by atoms with van der Waals surface area (Å²) in [6.07, 6.45) is 1.48. The normalized spacial score (nSPS) is 11.3. The van der Waals surface area contributed by atoms with Crippen LogP contribution in [0.1, 0.15) is 21.7 Å². The van der Waals surface area contributed by atoms with Crippen molar-refractivity contribution in [3.8, 4) is 0 Å². The van der Waals surface area contributed by atoms with Crippen molar-refractivity contribution in [2.24, 2.45) is 0 Å². The summed E-state index contributed by atoms with van der Waals surface area (Å²) in [4.78, 5) is 20.1. The molecule has 0 saturated heterocycles. The number of aryl methyl sites for hydroxylation is 1. The second-order valence-electron chi connectivity index (χ2n) is 5.41. The number of amides is 1.